The number of benzene rings is 4. The van der Waals surface area contributed by atoms with Crippen LogP contribution in [0.5, 0.6) is 0 Å². The van der Waals surface area contributed by atoms with Crippen LogP contribution in [-0.2, 0) is 0 Å². The Morgan fingerprint density at radius 1 is 0.391 bits per heavy atom. The molecular weight excluding hydrogens is 282 g/mol. The molecule has 0 aromatic heterocycles. The van der Waals surface area contributed by atoms with E-state index in [-0.39, 0.29) is 0 Å². The smallest absolute Gasteiger partial charge is 0.0184 e. The van der Waals surface area contributed by atoms with Crippen molar-refractivity contribution in [1.29, 1.82) is 0 Å². The molecule has 112 valence electrons. The Balaban J connectivity index is 0.000000143. The normalized spacial score (nSPS) is 9.04. The van der Waals surface area contributed by atoms with Crippen molar-refractivity contribution >= 4 is 21.5 Å². The van der Waals surface area contributed by atoms with Crippen molar-refractivity contribution in [2.75, 3.05) is 0 Å². The minimum Gasteiger partial charge on any atom is -0.373 e. The number of nitrogens with zero attached hydrogens (tertiary/aromatic N) is 3. The zero-order valence-corrected chi connectivity index (χ0v) is 12.6. The molecule has 0 aliphatic heterocycles. The first-order valence-electron chi connectivity index (χ1n) is 7.21. The Bertz CT molecular complexity index is 708. The summed E-state index contributed by atoms with van der Waals surface area (Å²) in [6.45, 7) is 0. The van der Waals surface area contributed by atoms with Crippen LogP contribution in [0.1, 0.15) is 0 Å². The third-order valence-corrected chi connectivity index (χ3v) is 3.32. The summed E-state index contributed by atoms with van der Waals surface area (Å²) in [5, 5.41) is 5.24. The molecule has 0 fully saturated rings. The third kappa shape index (κ3) is 4.88. The maximum Gasteiger partial charge on any atom is -0.0184 e. The molecule has 0 spiro atoms. The van der Waals surface area contributed by atoms with Crippen molar-refractivity contribution < 1.29 is 0 Å². The van der Waals surface area contributed by atoms with Crippen LogP contribution in [0.3, 0.4) is 0 Å². The fourth-order valence-corrected chi connectivity index (χ4v) is 2.27. The van der Waals surface area contributed by atoms with Gasteiger partial charge < -0.3 is 11.1 Å². The summed E-state index contributed by atoms with van der Waals surface area (Å²) in [6, 6.07) is 33.4. The average molecular weight is 298 g/mol. The van der Waals surface area contributed by atoms with Crippen LogP contribution in [0.15, 0.2) is 97.1 Å². The lowest BCUT2D eigenvalue weighted by atomic mass is 10.1. The predicted molar refractivity (Wildman–Crippen MR) is 98.0 cm³/mol. The summed E-state index contributed by atoms with van der Waals surface area (Å²) >= 11 is 0. The number of rotatable bonds is 0. The van der Waals surface area contributed by atoms with Gasteiger partial charge in [-0.05, 0) is 21.5 Å². The molecular formula is C20H16N3-. The van der Waals surface area contributed by atoms with E-state index in [0.29, 0.717) is 0 Å². The lowest BCUT2D eigenvalue weighted by Gasteiger charge is -1.92. The van der Waals surface area contributed by atoms with E-state index in [0.717, 1.165) is 0 Å². The molecule has 0 amide bonds. The van der Waals surface area contributed by atoms with E-state index in [1.165, 1.54) is 26.5 Å². The summed E-state index contributed by atoms with van der Waals surface area (Å²) in [5.74, 6) is 0. The van der Waals surface area contributed by atoms with E-state index in [1.54, 1.807) is 0 Å². The van der Waals surface area contributed by atoms with Gasteiger partial charge in [-0.2, -0.15) is 0 Å². The summed E-state index contributed by atoms with van der Waals surface area (Å²) in [5.41, 5.74) is 13.5. The van der Waals surface area contributed by atoms with Gasteiger partial charge in [-0.15, -0.1) is 0 Å². The molecule has 0 atom stereocenters. The van der Waals surface area contributed by atoms with Gasteiger partial charge in [0.25, 0.3) is 0 Å². The number of fused-ring (bicyclic) bond motifs is 2. The number of hydrogen-bond acceptors (Lipinski definition) is 0. The molecule has 0 radical (unpaired) electrons. The third-order valence-electron chi connectivity index (χ3n) is 3.32. The van der Waals surface area contributed by atoms with E-state index >= 15 is 0 Å². The van der Waals surface area contributed by atoms with E-state index < -0.39 is 0 Å². The SMILES string of the molecule is [N-]=[N+]=[N-].c1ccc2ccccc2c1.c1ccc2ccccc2c1. The fraction of sp³-hybridized carbons (Fsp3) is 0. The van der Waals surface area contributed by atoms with Gasteiger partial charge in [-0.1, -0.05) is 97.1 Å². The van der Waals surface area contributed by atoms with E-state index in [4.69, 9.17) is 11.1 Å². The maximum atomic E-state index is 6.75. The molecule has 0 aliphatic rings. The molecule has 0 saturated heterocycles. The van der Waals surface area contributed by atoms with Crippen LogP contribution in [-0.4, -0.2) is 0 Å². The Hall–Kier alpha value is -3.29. The first-order chi connectivity index (χ1) is 11.3. The van der Waals surface area contributed by atoms with Crippen LogP contribution in [0.25, 0.3) is 37.5 Å². The first kappa shape index (κ1) is 16.1. The van der Waals surface area contributed by atoms with Crippen LogP contribution in [0.2, 0.25) is 0 Å². The lowest BCUT2D eigenvalue weighted by Crippen LogP contribution is -1.67. The van der Waals surface area contributed by atoms with Gasteiger partial charge in [0.15, 0.2) is 0 Å². The molecule has 0 bridgehead atoms. The topological polar surface area (TPSA) is 58.7 Å². The summed E-state index contributed by atoms with van der Waals surface area (Å²) in [7, 11) is 0. The van der Waals surface area contributed by atoms with Gasteiger partial charge in [-0.3, -0.25) is 4.91 Å². The second-order valence-corrected chi connectivity index (χ2v) is 4.78. The summed E-state index contributed by atoms with van der Waals surface area (Å²) in [4.78, 5) is 1.50. The Morgan fingerprint density at radius 2 is 0.522 bits per heavy atom. The van der Waals surface area contributed by atoms with Crippen LogP contribution < -0.4 is 0 Å². The molecule has 4 rings (SSSR count). The van der Waals surface area contributed by atoms with Crippen LogP contribution in [0, 0.1) is 0 Å². The highest BCUT2D eigenvalue weighted by Gasteiger charge is 1.86. The average Bonchev–Trinajstić information content (AvgIpc) is 2.63. The molecule has 0 aliphatic carbocycles. The van der Waals surface area contributed by atoms with Gasteiger partial charge in [-0.25, -0.2) is 0 Å². The standard InChI is InChI=1S/2C10H8.N3/c2*1-2-6-10-8-4-3-7-9(10)5-1;1-3-2/h2*1-8H;/q;;-1. The minimum absolute atomic E-state index is 1.31. The molecule has 3 heteroatoms. The van der Waals surface area contributed by atoms with Crippen LogP contribution >= 0.6 is 0 Å². The molecule has 0 saturated carbocycles. The zero-order chi connectivity index (χ0) is 16.3. The van der Waals surface area contributed by atoms with E-state index in [1.807, 2.05) is 0 Å². The largest absolute Gasteiger partial charge is 0.373 e. The molecule has 4 aromatic rings. The quantitative estimate of drug-likeness (QED) is 0.201. The highest BCUT2D eigenvalue weighted by molar-refractivity contribution is 5.82. The van der Waals surface area contributed by atoms with Crippen molar-refractivity contribution in [3.05, 3.63) is 113 Å². The molecule has 0 N–H and O–H groups in total. The first-order valence-corrected chi connectivity index (χ1v) is 7.21. The van der Waals surface area contributed by atoms with Crippen LogP contribution in [0.4, 0.5) is 0 Å². The summed E-state index contributed by atoms with van der Waals surface area (Å²) < 4.78 is 0. The predicted octanol–water partition coefficient (Wildman–Crippen LogP) is 6.55. The second-order valence-electron chi connectivity index (χ2n) is 4.78. The van der Waals surface area contributed by atoms with Gasteiger partial charge in [0.05, 0.1) is 0 Å². The molecule has 3 nitrogen and oxygen atoms in total. The van der Waals surface area contributed by atoms with Crippen molar-refractivity contribution in [3.8, 4) is 0 Å². The lowest BCUT2D eigenvalue weighted by molar-refractivity contribution is 1.75. The van der Waals surface area contributed by atoms with Gasteiger partial charge in [0, 0.05) is 0 Å². The fourth-order valence-electron chi connectivity index (χ4n) is 2.27. The minimum atomic E-state index is 1.31. The monoisotopic (exact) mass is 298 g/mol. The van der Waals surface area contributed by atoms with E-state index in [9.17, 15) is 0 Å². The van der Waals surface area contributed by atoms with Crippen molar-refractivity contribution in [1.82, 2.24) is 0 Å². The van der Waals surface area contributed by atoms with Crippen molar-refractivity contribution in [3.63, 3.8) is 0 Å². The second kappa shape index (κ2) is 8.88. The highest BCUT2D eigenvalue weighted by Crippen LogP contribution is 2.11. The molecule has 0 heterocycles. The summed E-state index contributed by atoms with van der Waals surface area (Å²) in [6.07, 6.45) is 0. The molecule has 0 unspecified atom stereocenters. The molecule has 23 heavy (non-hydrogen) atoms. The zero-order valence-electron chi connectivity index (χ0n) is 12.6. The molecule has 4 aromatic carbocycles. The van der Waals surface area contributed by atoms with Gasteiger partial charge in [0.2, 0.25) is 0 Å². The van der Waals surface area contributed by atoms with Gasteiger partial charge in [0.1, 0.15) is 0 Å². The Kier molecular flexibility index (Phi) is 6.21. The van der Waals surface area contributed by atoms with Crippen molar-refractivity contribution in [2.24, 2.45) is 0 Å². The number of hydrogen-bond donors (Lipinski definition) is 0. The van der Waals surface area contributed by atoms with Crippen molar-refractivity contribution in [2.45, 2.75) is 0 Å². The Labute approximate surface area is 135 Å². The van der Waals surface area contributed by atoms with E-state index in [2.05, 4.69) is 97.1 Å². The Morgan fingerprint density at radius 3 is 0.652 bits per heavy atom. The van der Waals surface area contributed by atoms with Gasteiger partial charge >= 0.3 is 0 Å². The maximum absolute atomic E-state index is 6.75. The highest BCUT2D eigenvalue weighted by atomic mass is 15.0.